The Morgan fingerprint density at radius 2 is 2.25 bits per heavy atom. The van der Waals surface area contributed by atoms with Crippen LogP contribution in [0.25, 0.3) is 0 Å². The smallest absolute Gasteiger partial charge is 0.0991 e. The van der Waals surface area contributed by atoms with Gasteiger partial charge in [-0.2, -0.15) is 0 Å². The van der Waals surface area contributed by atoms with Gasteiger partial charge in [-0.05, 0) is 18.6 Å². The van der Waals surface area contributed by atoms with E-state index in [1.165, 1.54) is 11.3 Å². The monoisotopic (exact) mass is 283 g/mol. The van der Waals surface area contributed by atoms with Crippen molar-refractivity contribution < 1.29 is 9.84 Å². The lowest BCUT2D eigenvalue weighted by Crippen LogP contribution is -2.38. The molecule has 0 saturated heterocycles. The lowest BCUT2D eigenvalue weighted by molar-refractivity contribution is 0.123. The molecule has 0 radical (unpaired) electrons. The van der Waals surface area contributed by atoms with Crippen LogP contribution in [0.15, 0.2) is 6.07 Å². The fourth-order valence-corrected chi connectivity index (χ4v) is 3.09. The van der Waals surface area contributed by atoms with Gasteiger partial charge >= 0.3 is 0 Å². The predicted molar refractivity (Wildman–Crippen MR) is 68.6 cm³/mol. The molecule has 2 N–H and O–H groups in total. The first-order valence-electron chi connectivity index (χ1n) is 4.89. The summed E-state index contributed by atoms with van der Waals surface area (Å²) in [5.41, 5.74) is 0.950. The number of nitrogens with one attached hydrogen (secondary N) is 1. The summed E-state index contributed by atoms with van der Waals surface area (Å²) in [5, 5.41) is 12.4. The van der Waals surface area contributed by atoms with E-state index in [1.54, 1.807) is 7.11 Å². The zero-order valence-corrected chi connectivity index (χ0v) is 11.5. The summed E-state index contributed by atoms with van der Waals surface area (Å²) >= 11 is 13.3. The van der Waals surface area contributed by atoms with E-state index < -0.39 is 0 Å². The van der Waals surface area contributed by atoms with Gasteiger partial charge in [-0.25, -0.2) is 0 Å². The van der Waals surface area contributed by atoms with Crippen LogP contribution in [-0.2, 0) is 4.74 Å². The number of hydrogen-bond donors (Lipinski definition) is 2. The van der Waals surface area contributed by atoms with E-state index in [2.05, 4.69) is 5.32 Å². The van der Waals surface area contributed by atoms with E-state index in [9.17, 15) is 0 Å². The van der Waals surface area contributed by atoms with Crippen LogP contribution >= 0.6 is 34.5 Å². The fourth-order valence-electron chi connectivity index (χ4n) is 1.45. The van der Waals surface area contributed by atoms with Crippen LogP contribution in [0, 0.1) is 0 Å². The minimum Gasteiger partial charge on any atom is -0.395 e. The van der Waals surface area contributed by atoms with Gasteiger partial charge in [0, 0.05) is 13.2 Å². The van der Waals surface area contributed by atoms with Gasteiger partial charge in [0.1, 0.15) is 0 Å². The second-order valence-corrected chi connectivity index (χ2v) is 5.79. The molecule has 0 aromatic carbocycles. The summed E-state index contributed by atoms with van der Waals surface area (Å²) in [6.07, 6.45) is 0. The van der Waals surface area contributed by atoms with Crippen molar-refractivity contribution in [1.29, 1.82) is 0 Å². The number of thiophene rings is 1. The third-order valence-electron chi connectivity index (χ3n) is 2.22. The summed E-state index contributed by atoms with van der Waals surface area (Å²) in [5.74, 6) is 0. The highest BCUT2D eigenvalue weighted by molar-refractivity contribution is 7.20. The molecular formula is C10H15Cl2NO2S. The van der Waals surface area contributed by atoms with Gasteiger partial charge in [-0.15, -0.1) is 11.3 Å². The van der Waals surface area contributed by atoms with Gasteiger partial charge in [-0.3, -0.25) is 0 Å². The van der Waals surface area contributed by atoms with Crippen LogP contribution in [0.4, 0.5) is 0 Å². The Morgan fingerprint density at radius 3 is 2.69 bits per heavy atom. The van der Waals surface area contributed by atoms with Crippen LogP contribution < -0.4 is 5.32 Å². The first-order chi connectivity index (χ1) is 7.58. The lowest BCUT2D eigenvalue weighted by atomic mass is 10.1. The molecule has 0 aliphatic rings. The Labute approximate surface area is 109 Å². The van der Waals surface area contributed by atoms with Gasteiger partial charge in [-0.1, -0.05) is 23.2 Å². The topological polar surface area (TPSA) is 41.5 Å². The van der Waals surface area contributed by atoms with E-state index in [1.807, 2.05) is 13.0 Å². The second-order valence-electron chi connectivity index (χ2n) is 3.50. The molecule has 2 atom stereocenters. The highest BCUT2D eigenvalue weighted by Crippen LogP contribution is 2.34. The molecular weight excluding hydrogens is 269 g/mol. The first kappa shape index (κ1) is 14.2. The standard InChI is InChI=1S/C10H15Cl2NO2S/c1-6(13-7(4-14)5-15-2)8-3-9(11)16-10(8)12/h3,6-7,13-14H,4-5H2,1-2H3. The van der Waals surface area contributed by atoms with E-state index >= 15 is 0 Å². The number of aliphatic hydroxyl groups excluding tert-OH is 1. The van der Waals surface area contributed by atoms with Crippen molar-refractivity contribution in [1.82, 2.24) is 5.32 Å². The third-order valence-corrected chi connectivity index (χ3v) is 3.74. The van der Waals surface area contributed by atoms with Crippen molar-refractivity contribution in [3.63, 3.8) is 0 Å². The Hall–Kier alpha value is 0.160. The van der Waals surface area contributed by atoms with Crippen molar-refractivity contribution >= 4 is 34.5 Å². The van der Waals surface area contributed by atoms with Gasteiger partial charge in [0.25, 0.3) is 0 Å². The van der Waals surface area contributed by atoms with E-state index in [0.717, 1.165) is 5.56 Å². The molecule has 0 fully saturated rings. The Morgan fingerprint density at radius 1 is 1.56 bits per heavy atom. The van der Waals surface area contributed by atoms with Crippen LogP contribution in [0.2, 0.25) is 8.67 Å². The summed E-state index contributed by atoms with van der Waals surface area (Å²) in [6.45, 7) is 2.45. The van der Waals surface area contributed by atoms with Crippen LogP contribution in [0.5, 0.6) is 0 Å². The maximum atomic E-state index is 9.13. The molecule has 2 unspecified atom stereocenters. The van der Waals surface area contributed by atoms with Gasteiger partial charge in [0.05, 0.1) is 27.9 Å². The SMILES string of the molecule is COCC(CO)NC(C)c1cc(Cl)sc1Cl. The van der Waals surface area contributed by atoms with Crippen molar-refractivity contribution in [3.05, 3.63) is 20.3 Å². The molecule has 0 aliphatic heterocycles. The maximum absolute atomic E-state index is 9.13. The average Bonchev–Trinajstić information content (AvgIpc) is 2.57. The van der Waals surface area contributed by atoms with Crippen LogP contribution in [-0.4, -0.2) is 31.5 Å². The van der Waals surface area contributed by atoms with Crippen molar-refractivity contribution in [2.75, 3.05) is 20.3 Å². The summed E-state index contributed by atoms with van der Waals surface area (Å²) in [4.78, 5) is 0. The lowest BCUT2D eigenvalue weighted by Gasteiger charge is -2.20. The Kier molecular flexibility index (Phi) is 6.03. The van der Waals surface area contributed by atoms with Gasteiger partial charge in [0.2, 0.25) is 0 Å². The van der Waals surface area contributed by atoms with Crippen LogP contribution in [0.1, 0.15) is 18.5 Å². The van der Waals surface area contributed by atoms with Gasteiger partial charge < -0.3 is 15.2 Å². The average molecular weight is 284 g/mol. The summed E-state index contributed by atoms with van der Waals surface area (Å²) in [6, 6.07) is 1.77. The van der Waals surface area contributed by atoms with Crippen LogP contribution in [0.3, 0.4) is 0 Å². The normalized spacial score (nSPS) is 15.1. The molecule has 3 nitrogen and oxygen atoms in total. The molecule has 1 aromatic rings. The highest BCUT2D eigenvalue weighted by atomic mass is 35.5. The molecule has 1 heterocycles. The number of ether oxygens (including phenoxy) is 1. The van der Waals surface area contributed by atoms with E-state index in [0.29, 0.717) is 15.3 Å². The largest absolute Gasteiger partial charge is 0.395 e. The number of hydrogen-bond acceptors (Lipinski definition) is 4. The first-order valence-corrected chi connectivity index (χ1v) is 6.46. The number of aliphatic hydroxyl groups is 1. The molecule has 0 bridgehead atoms. The second kappa shape index (κ2) is 6.79. The molecule has 16 heavy (non-hydrogen) atoms. The van der Waals surface area contributed by atoms with Gasteiger partial charge in [0.15, 0.2) is 0 Å². The summed E-state index contributed by atoms with van der Waals surface area (Å²) < 4.78 is 6.34. The fraction of sp³-hybridized carbons (Fsp3) is 0.600. The van der Waals surface area contributed by atoms with Crippen molar-refractivity contribution in [3.8, 4) is 0 Å². The maximum Gasteiger partial charge on any atom is 0.0991 e. The van der Waals surface area contributed by atoms with Crippen molar-refractivity contribution in [2.45, 2.75) is 19.0 Å². The zero-order valence-electron chi connectivity index (χ0n) is 9.17. The quantitative estimate of drug-likeness (QED) is 0.844. The third kappa shape index (κ3) is 3.87. The Balaban J connectivity index is 2.63. The molecule has 0 amide bonds. The zero-order chi connectivity index (χ0) is 12.1. The molecule has 1 rings (SSSR count). The minimum absolute atomic E-state index is 0.0215. The molecule has 0 aliphatic carbocycles. The predicted octanol–water partition coefficient (Wildman–Crippen LogP) is 2.71. The Bertz CT molecular complexity index is 333. The summed E-state index contributed by atoms with van der Waals surface area (Å²) in [7, 11) is 1.60. The number of rotatable bonds is 6. The van der Waals surface area contributed by atoms with Crippen molar-refractivity contribution in [2.24, 2.45) is 0 Å². The number of methoxy groups -OCH3 is 1. The molecule has 0 saturated carbocycles. The minimum atomic E-state index is -0.102. The van der Waals surface area contributed by atoms with E-state index in [-0.39, 0.29) is 18.7 Å². The number of halogens is 2. The molecule has 1 aromatic heterocycles. The molecule has 92 valence electrons. The molecule has 6 heteroatoms. The molecule has 0 spiro atoms. The highest BCUT2D eigenvalue weighted by Gasteiger charge is 2.16. The van der Waals surface area contributed by atoms with E-state index in [4.69, 9.17) is 33.0 Å².